The first kappa shape index (κ1) is 24.6. The fourth-order valence-electron chi connectivity index (χ4n) is 3.26. The summed E-state index contributed by atoms with van der Waals surface area (Å²) in [5.74, 6) is -2.48. The van der Waals surface area contributed by atoms with Gasteiger partial charge in [-0.2, -0.15) is 0 Å². The van der Waals surface area contributed by atoms with Gasteiger partial charge in [-0.3, -0.25) is 0 Å². The molecule has 0 fully saturated rings. The second-order valence-corrected chi connectivity index (χ2v) is 7.42. The number of benzene rings is 3. The lowest BCUT2D eigenvalue weighted by atomic mass is 9.97. The van der Waals surface area contributed by atoms with Crippen molar-refractivity contribution in [3.63, 3.8) is 0 Å². The molecule has 0 heterocycles. The molecule has 0 aromatic heterocycles. The Kier molecular flexibility index (Phi) is 8.14. The molecule has 174 valence electrons. The zero-order chi connectivity index (χ0) is 24.7. The van der Waals surface area contributed by atoms with Crippen LogP contribution in [0.15, 0.2) is 104 Å². The zero-order valence-corrected chi connectivity index (χ0v) is 18.9. The summed E-state index contributed by atoms with van der Waals surface area (Å²) in [7, 11) is 0. The van der Waals surface area contributed by atoms with Crippen molar-refractivity contribution in [2.45, 2.75) is 13.5 Å². The fourth-order valence-corrected chi connectivity index (χ4v) is 3.26. The molecule has 0 N–H and O–H groups in total. The van der Waals surface area contributed by atoms with Crippen molar-refractivity contribution in [3.8, 4) is 22.3 Å². The minimum absolute atomic E-state index is 0.0920. The number of hydrogen-bond donors (Lipinski definition) is 0. The number of hydrogen-bond acceptors (Lipinski definition) is 2. The molecule has 0 unspecified atom stereocenters. The summed E-state index contributed by atoms with van der Waals surface area (Å²) in [5, 5.41) is 0. The Hall–Kier alpha value is -3.99. The summed E-state index contributed by atoms with van der Waals surface area (Å²) >= 11 is 0. The van der Waals surface area contributed by atoms with Crippen LogP contribution in [0, 0.1) is 11.6 Å². The quantitative estimate of drug-likeness (QED) is 0.223. The molecule has 3 aromatic rings. The third kappa shape index (κ3) is 5.87. The molecule has 0 amide bonds. The third-order valence-corrected chi connectivity index (χ3v) is 5.10. The van der Waals surface area contributed by atoms with E-state index >= 15 is 0 Å². The predicted octanol–water partition coefficient (Wildman–Crippen LogP) is 8.38. The van der Waals surface area contributed by atoms with Crippen molar-refractivity contribution in [2.75, 3.05) is 6.61 Å². The highest BCUT2D eigenvalue weighted by Crippen LogP contribution is 2.32. The van der Waals surface area contributed by atoms with Crippen LogP contribution in [0.5, 0.6) is 0 Å². The summed E-state index contributed by atoms with van der Waals surface area (Å²) in [6.07, 6.45) is 2.78. The Labute approximate surface area is 198 Å². The van der Waals surface area contributed by atoms with E-state index in [1.807, 2.05) is 0 Å². The first-order valence-corrected chi connectivity index (χ1v) is 10.6. The second kappa shape index (κ2) is 11.2. The summed E-state index contributed by atoms with van der Waals surface area (Å²) in [4.78, 5) is 0. The highest BCUT2D eigenvalue weighted by Gasteiger charge is 2.16. The van der Waals surface area contributed by atoms with E-state index in [0.717, 1.165) is 17.2 Å². The van der Waals surface area contributed by atoms with Crippen molar-refractivity contribution in [1.29, 1.82) is 0 Å². The Balaban J connectivity index is 1.71. The predicted molar refractivity (Wildman–Crippen MR) is 131 cm³/mol. The zero-order valence-electron chi connectivity index (χ0n) is 18.9. The lowest BCUT2D eigenvalue weighted by molar-refractivity contribution is 0.207. The molecule has 0 aliphatic rings. The molecule has 0 aliphatic heterocycles. The van der Waals surface area contributed by atoms with Gasteiger partial charge in [-0.25, -0.2) is 13.2 Å². The molecule has 0 saturated heterocycles. The van der Waals surface area contributed by atoms with Crippen molar-refractivity contribution in [3.05, 3.63) is 127 Å². The Morgan fingerprint density at radius 2 is 1.35 bits per heavy atom. The number of ether oxygens (including phenoxy) is 2. The van der Waals surface area contributed by atoms with E-state index < -0.39 is 17.5 Å². The van der Waals surface area contributed by atoms with Gasteiger partial charge in [-0.05, 0) is 29.2 Å². The average molecular weight is 463 g/mol. The smallest absolute Gasteiger partial charge is 0.168 e. The van der Waals surface area contributed by atoms with Crippen LogP contribution in [0.3, 0.4) is 0 Å². The fraction of sp³-hybridized carbons (Fsp3) is 0.103. The summed E-state index contributed by atoms with van der Waals surface area (Å²) in [5.41, 5.74) is 3.09. The Morgan fingerprint density at radius 3 is 1.85 bits per heavy atom. The third-order valence-electron chi connectivity index (χ3n) is 5.10. The van der Waals surface area contributed by atoms with Gasteiger partial charge in [0.2, 0.25) is 0 Å². The topological polar surface area (TPSA) is 18.5 Å². The Bertz CT molecular complexity index is 1220. The maximum atomic E-state index is 14.9. The first-order chi connectivity index (χ1) is 16.3. The van der Waals surface area contributed by atoms with Gasteiger partial charge in [0.15, 0.2) is 17.5 Å². The van der Waals surface area contributed by atoms with Crippen LogP contribution in [0.2, 0.25) is 0 Å². The van der Waals surface area contributed by atoms with Crippen LogP contribution in [-0.4, -0.2) is 6.61 Å². The lowest BCUT2D eigenvalue weighted by Gasteiger charge is -2.11. The first-order valence-electron chi connectivity index (χ1n) is 10.6. The van der Waals surface area contributed by atoms with Gasteiger partial charge in [0.1, 0.15) is 18.1 Å². The van der Waals surface area contributed by atoms with Gasteiger partial charge >= 0.3 is 0 Å². The van der Waals surface area contributed by atoms with Crippen molar-refractivity contribution in [1.82, 2.24) is 0 Å². The molecule has 0 atom stereocenters. The summed E-state index contributed by atoms with van der Waals surface area (Å²) in [6.45, 7) is 13.0. The highest BCUT2D eigenvalue weighted by atomic mass is 19.2. The Morgan fingerprint density at radius 1 is 0.824 bits per heavy atom. The molecule has 3 rings (SSSR count). The maximum Gasteiger partial charge on any atom is 0.168 e. The van der Waals surface area contributed by atoms with Crippen LogP contribution < -0.4 is 0 Å². The summed E-state index contributed by atoms with van der Waals surface area (Å²) < 4.78 is 54.0. The van der Waals surface area contributed by atoms with Gasteiger partial charge in [-0.15, -0.1) is 0 Å². The largest absolute Gasteiger partial charge is 0.491 e. The van der Waals surface area contributed by atoms with Gasteiger partial charge in [-0.1, -0.05) is 86.5 Å². The molecule has 0 spiro atoms. The molecule has 3 aromatic carbocycles. The number of rotatable bonds is 10. The van der Waals surface area contributed by atoms with Crippen LogP contribution >= 0.6 is 0 Å². The van der Waals surface area contributed by atoms with E-state index in [0.29, 0.717) is 17.7 Å². The highest BCUT2D eigenvalue weighted by molar-refractivity contribution is 5.72. The average Bonchev–Trinajstić information content (AvgIpc) is 2.85. The van der Waals surface area contributed by atoms with E-state index in [2.05, 4.69) is 19.7 Å². The van der Waals surface area contributed by atoms with Crippen molar-refractivity contribution < 1.29 is 22.6 Å². The van der Waals surface area contributed by atoms with E-state index in [-0.39, 0.29) is 29.3 Å². The van der Waals surface area contributed by atoms with Crippen LogP contribution in [0.25, 0.3) is 28.3 Å². The standard InChI is InChI=1S/C29H25F3O2/c1-5-21-7-11-23(12-8-21)25-15-16-26(29(32)28(25)31)24-13-9-22(10-14-24)18-34-19(3)17-27(30)20(4)33-6-2/h5,7-17H,1,3-4,6,18H2,2H3/b27-17+. The van der Waals surface area contributed by atoms with Crippen LogP contribution in [0.4, 0.5) is 13.2 Å². The molecular weight excluding hydrogens is 437 g/mol. The number of allylic oxidation sites excluding steroid dienone is 2. The van der Waals surface area contributed by atoms with Gasteiger partial charge < -0.3 is 9.47 Å². The lowest BCUT2D eigenvalue weighted by Crippen LogP contribution is -1.96. The molecule has 0 bridgehead atoms. The molecule has 0 saturated carbocycles. The number of halogens is 3. The normalized spacial score (nSPS) is 11.1. The van der Waals surface area contributed by atoms with E-state index in [1.165, 1.54) is 0 Å². The van der Waals surface area contributed by atoms with E-state index in [9.17, 15) is 13.2 Å². The van der Waals surface area contributed by atoms with Gasteiger partial charge in [0.25, 0.3) is 0 Å². The molecule has 0 aliphatic carbocycles. The molecular formula is C29H25F3O2. The summed E-state index contributed by atoms with van der Waals surface area (Å²) in [6, 6.07) is 17.0. The maximum absolute atomic E-state index is 14.9. The van der Waals surface area contributed by atoms with Crippen molar-refractivity contribution in [2.24, 2.45) is 0 Å². The minimum atomic E-state index is -0.919. The molecule has 2 nitrogen and oxygen atoms in total. The molecule has 5 heteroatoms. The SMILES string of the molecule is C=Cc1ccc(-c2ccc(-c3ccc(COC(=C)/C=C(/F)C(=C)OCC)cc3)c(F)c2F)cc1. The monoisotopic (exact) mass is 462 g/mol. The second-order valence-electron chi connectivity index (χ2n) is 7.42. The van der Waals surface area contributed by atoms with Crippen molar-refractivity contribution >= 4 is 6.08 Å². The van der Waals surface area contributed by atoms with Crippen LogP contribution in [0.1, 0.15) is 18.1 Å². The van der Waals surface area contributed by atoms with E-state index in [1.54, 1.807) is 73.7 Å². The molecule has 0 radical (unpaired) electrons. The minimum Gasteiger partial charge on any atom is -0.491 e. The van der Waals surface area contributed by atoms with Gasteiger partial charge in [0, 0.05) is 17.2 Å². The van der Waals surface area contributed by atoms with Gasteiger partial charge in [0.05, 0.1) is 6.61 Å². The van der Waals surface area contributed by atoms with E-state index in [4.69, 9.17) is 9.47 Å². The molecule has 34 heavy (non-hydrogen) atoms. The van der Waals surface area contributed by atoms with Crippen LogP contribution in [-0.2, 0) is 16.1 Å².